The molecular formula is C11H16ClNOS. The summed E-state index contributed by atoms with van der Waals surface area (Å²) in [5.41, 5.74) is 0. The first-order chi connectivity index (χ1) is 7.24. The number of aliphatic hydroxyl groups excluding tert-OH is 1. The van der Waals surface area contributed by atoms with Crippen LogP contribution in [0.3, 0.4) is 0 Å². The molecule has 2 nitrogen and oxygen atoms in total. The smallest absolute Gasteiger partial charge is 0.0950 e. The van der Waals surface area contributed by atoms with E-state index in [9.17, 15) is 5.11 Å². The van der Waals surface area contributed by atoms with Crippen LogP contribution >= 0.6 is 22.9 Å². The Balaban J connectivity index is 1.74. The number of thiophene rings is 1. The monoisotopic (exact) mass is 245 g/mol. The zero-order valence-electron chi connectivity index (χ0n) is 8.58. The third-order valence-corrected chi connectivity index (χ3v) is 4.14. The van der Waals surface area contributed by atoms with E-state index in [1.165, 1.54) is 0 Å². The molecule has 2 N–H and O–H groups in total. The van der Waals surface area contributed by atoms with Crippen molar-refractivity contribution in [1.82, 2.24) is 0 Å². The summed E-state index contributed by atoms with van der Waals surface area (Å²) < 4.78 is 0.830. The van der Waals surface area contributed by atoms with E-state index < -0.39 is 0 Å². The van der Waals surface area contributed by atoms with Crippen LogP contribution in [0, 0.1) is 5.92 Å². The van der Waals surface area contributed by atoms with Crippen LogP contribution < -0.4 is 5.32 Å². The molecule has 84 valence electrons. The van der Waals surface area contributed by atoms with Crippen LogP contribution in [0.4, 0.5) is 5.00 Å². The second-order valence-corrected chi connectivity index (χ2v) is 5.87. The predicted octanol–water partition coefficient (Wildman–Crippen LogP) is 3.36. The zero-order chi connectivity index (χ0) is 10.7. The van der Waals surface area contributed by atoms with Crippen LogP contribution in [0.2, 0.25) is 4.34 Å². The standard InChI is InChI=1S/C11H16ClNOS/c12-10-5-6-11(15-10)13-7-8-1-3-9(14)4-2-8/h5-6,8-9,13-14H,1-4,7H2. The van der Waals surface area contributed by atoms with E-state index in [1.54, 1.807) is 11.3 Å². The first-order valence-electron chi connectivity index (χ1n) is 5.41. The molecule has 0 bridgehead atoms. The summed E-state index contributed by atoms with van der Waals surface area (Å²) in [5, 5.41) is 13.9. The normalized spacial score (nSPS) is 26.5. The number of anilines is 1. The molecule has 0 saturated heterocycles. The number of hydrogen-bond acceptors (Lipinski definition) is 3. The summed E-state index contributed by atoms with van der Waals surface area (Å²) >= 11 is 7.43. The highest BCUT2D eigenvalue weighted by Gasteiger charge is 2.18. The Morgan fingerprint density at radius 2 is 2.07 bits per heavy atom. The molecule has 1 aliphatic carbocycles. The van der Waals surface area contributed by atoms with Gasteiger partial charge in [-0.2, -0.15) is 0 Å². The van der Waals surface area contributed by atoms with Crippen LogP contribution in [0.1, 0.15) is 25.7 Å². The lowest BCUT2D eigenvalue weighted by Crippen LogP contribution is -2.23. The van der Waals surface area contributed by atoms with Gasteiger partial charge in [0.15, 0.2) is 0 Å². The molecule has 0 radical (unpaired) electrons. The SMILES string of the molecule is OC1CCC(CNc2ccc(Cl)s2)CC1. The maximum Gasteiger partial charge on any atom is 0.0950 e. The van der Waals surface area contributed by atoms with Crippen LogP contribution in [0.15, 0.2) is 12.1 Å². The fourth-order valence-electron chi connectivity index (χ4n) is 2.00. The van der Waals surface area contributed by atoms with Gasteiger partial charge >= 0.3 is 0 Å². The Bertz CT molecular complexity index is 307. The third kappa shape index (κ3) is 3.37. The van der Waals surface area contributed by atoms with Crippen molar-refractivity contribution in [3.05, 3.63) is 16.5 Å². The Morgan fingerprint density at radius 1 is 1.33 bits per heavy atom. The molecule has 1 aliphatic rings. The minimum Gasteiger partial charge on any atom is -0.393 e. The summed E-state index contributed by atoms with van der Waals surface area (Å²) in [6.07, 6.45) is 4.12. The summed E-state index contributed by atoms with van der Waals surface area (Å²) in [6.45, 7) is 1.00. The molecule has 0 atom stereocenters. The molecule has 1 fully saturated rings. The Hall–Kier alpha value is -0.250. The minimum atomic E-state index is -0.0579. The van der Waals surface area contributed by atoms with Gasteiger partial charge < -0.3 is 10.4 Å². The molecule has 1 saturated carbocycles. The fourth-order valence-corrected chi connectivity index (χ4v) is 2.95. The molecule has 0 amide bonds. The highest BCUT2D eigenvalue weighted by atomic mass is 35.5. The number of halogens is 1. The van der Waals surface area contributed by atoms with Crippen molar-refractivity contribution in [3.8, 4) is 0 Å². The lowest BCUT2D eigenvalue weighted by atomic mass is 9.87. The van der Waals surface area contributed by atoms with Gasteiger partial charge in [-0.3, -0.25) is 0 Å². The Morgan fingerprint density at radius 3 is 2.67 bits per heavy atom. The summed E-state index contributed by atoms with van der Waals surface area (Å²) in [4.78, 5) is 0. The van der Waals surface area contributed by atoms with Crippen molar-refractivity contribution >= 4 is 27.9 Å². The highest BCUT2D eigenvalue weighted by molar-refractivity contribution is 7.19. The van der Waals surface area contributed by atoms with Gasteiger partial charge in [0.2, 0.25) is 0 Å². The van der Waals surface area contributed by atoms with E-state index in [2.05, 4.69) is 5.32 Å². The van der Waals surface area contributed by atoms with Crippen LogP contribution in [0.25, 0.3) is 0 Å². The van der Waals surface area contributed by atoms with E-state index in [4.69, 9.17) is 11.6 Å². The number of rotatable bonds is 3. The highest BCUT2D eigenvalue weighted by Crippen LogP contribution is 2.28. The van der Waals surface area contributed by atoms with E-state index in [1.807, 2.05) is 12.1 Å². The lowest BCUT2D eigenvalue weighted by Gasteiger charge is -2.25. The van der Waals surface area contributed by atoms with Gasteiger partial charge in [0.05, 0.1) is 15.4 Å². The number of hydrogen-bond donors (Lipinski definition) is 2. The molecule has 4 heteroatoms. The summed E-state index contributed by atoms with van der Waals surface area (Å²) in [6, 6.07) is 3.93. The van der Waals surface area contributed by atoms with E-state index in [0.717, 1.165) is 41.6 Å². The van der Waals surface area contributed by atoms with Gasteiger partial charge in [0, 0.05) is 6.54 Å². The van der Waals surface area contributed by atoms with Gasteiger partial charge in [-0.25, -0.2) is 0 Å². The van der Waals surface area contributed by atoms with Crippen molar-refractivity contribution < 1.29 is 5.11 Å². The van der Waals surface area contributed by atoms with Gasteiger partial charge in [0.25, 0.3) is 0 Å². The zero-order valence-corrected chi connectivity index (χ0v) is 10.2. The maximum atomic E-state index is 9.38. The molecule has 0 spiro atoms. The molecule has 0 aromatic carbocycles. The fraction of sp³-hybridized carbons (Fsp3) is 0.636. The molecule has 0 aliphatic heterocycles. The van der Waals surface area contributed by atoms with Gasteiger partial charge in [-0.05, 0) is 43.7 Å². The van der Waals surface area contributed by atoms with E-state index >= 15 is 0 Å². The molecule has 15 heavy (non-hydrogen) atoms. The number of nitrogens with one attached hydrogen (secondary N) is 1. The van der Waals surface area contributed by atoms with Crippen molar-refractivity contribution in [3.63, 3.8) is 0 Å². The second-order valence-electron chi connectivity index (χ2n) is 4.16. The average Bonchev–Trinajstić information content (AvgIpc) is 2.64. The largest absolute Gasteiger partial charge is 0.393 e. The quantitative estimate of drug-likeness (QED) is 0.856. The molecular weight excluding hydrogens is 230 g/mol. The molecule has 1 aromatic rings. The predicted molar refractivity (Wildman–Crippen MR) is 65.8 cm³/mol. The van der Waals surface area contributed by atoms with E-state index in [-0.39, 0.29) is 6.10 Å². The summed E-state index contributed by atoms with van der Waals surface area (Å²) in [7, 11) is 0. The van der Waals surface area contributed by atoms with Crippen molar-refractivity contribution in [2.24, 2.45) is 5.92 Å². The Labute approximate surface area is 99.3 Å². The minimum absolute atomic E-state index is 0.0579. The van der Waals surface area contributed by atoms with Gasteiger partial charge in [-0.1, -0.05) is 11.6 Å². The van der Waals surface area contributed by atoms with Crippen LogP contribution in [-0.4, -0.2) is 17.8 Å². The third-order valence-electron chi connectivity index (χ3n) is 2.95. The van der Waals surface area contributed by atoms with Gasteiger partial charge in [-0.15, -0.1) is 11.3 Å². The van der Waals surface area contributed by atoms with Gasteiger partial charge in [0.1, 0.15) is 0 Å². The number of aliphatic hydroxyl groups is 1. The average molecular weight is 246 g/mol. The van der Waals surface area contributed by atoms with Crippen LogP contribution in [0.5, 0.6) is 0 Å². The van der Waals surface area contributed by atoms with Crippen molar-refractivity contribution in [2.75, 3.05) is 11.9 Å². The second kappa shape index (κ2) is 5.19. The molecule has 0 unspecified atom stereocenters. The first kappa shape index (κ1) is 11.2. The summed E-state index contributed by atoms with van der Waals surface area (Å²) in [5.74, 6) is 0.703. The van der Waals surface area contributed by atoms with E-state index in [0.29, 0.717) is 5.92 Å². The van der Waals surface area contributed by atoms with Crippen molar-refractivity contribution in [1.29, 1.82) is 0 Å². The first-order valence-corrected chi connectivity index (χ1v) is 6.61. The molecule has 1 heterocycles. The lowest BCUT2D eigenvalue weighted by molar-refractivity contribution is 0.111. The topological polar surface area (TPSA) is 32.3 Å². The molecule has 1 aromatic heterocycles. The molecule has 2 rings (SSSR count). The maximum absolute atomic E-state index is 9.38. The van der Waals surface area contributed by atoms with Crippen LogP contribution in [-0.2, 0) is 0 Å². The Kier molecular flexibility index (Phi) is 3.89. The van der Waals surface area contributed by atoms with Crippen molar-refractivity contribution in [2.45, 2.75) is 31.8 Å².